The molecule has 0 aromatic heterocycles. The van der Waals surface area contributed by atoms with Crippen molar-refractivity contribution >= 4 is 29.2 Å². The highest BCUT2D eigenvalue weighted by molar-refractivity contribution is 6.31. The summed E-state index contributed by atoms with van der Waals surface area (Å²) >= 11 is 12.0. The minimum atomic E-state index is -1.74. The van der Waals surface area contributed by atoms with Crippen molar-refractivity contribution in [3.63, 3.8) is 0 Å². The molecule has 0 saturated carbocycles. The molecular weight excluding hydrogens is 469 g/mol. The highest BCUT2D eigenvalue weighted by atomic mass is 35.5. The molecule has 176 valence electrons. The number of halogens is 4. The number of nitrogens with zero attached hydrogens (tertiary/aromatic N) is 1. The average Bonchev–Trinajstić information content (AvgIpc) is 3.04. The van der Waals surface area contributed by atoms with Crippen LogP contribution >= 0.6 is 23.2 Å². The van der Waals surface area contributed by atoms with Crippen LogP contribution in [0.4, 0.5) is 8.78 Å². The Labute approximate surface area is 202 Å². The van der Waals surface area contributed by atoms with Crippen LogP contribution < -0.4 is 5.32 Å². The van der Waals surface area contributed by atoms with Gasteiger partial charge in [0.1, 0.15) is 23.1 Å². The Hall–Kier alpha value is -2.20. The van der Waals surface area contributed by atoms with Gasteiger partial charge in [-0.3, -0.25) is 10.1 Å². The minimum absolute atomic E-state index is 0.0282. The molecule has 0 spiro atoms. The van der Waals surface area contributed by atoms with Gasteiger partial charge < -0.3 is 5.11 Å². The summed E-state index contributed by atoms with van der Waals surface area (Å²) in [6.07, 6.45) is 0.350. The number of carbonyl (C=O) groups is 1. The fraction of sp³-hybridized carbons (Fsp3) is 0.440. The lowest BCUT2D eigenvalue weighted by atomic mass is 9.61. The van der Waals surface area contributed by atoms with Gasteiger partial charge in [-0.25, -0.2) is 8.78 Å². The van der Waals surface area contributed by atoms with Crippen LogP contribution in [0.5, 0.6) is 0 Å². The second-order valence-corrected chi connectivity index (χ2v) is 10.5. The van der Waals surface area contributed by atoms with Crippen LogP contribution in [0.3, 0.4) is 0 Å². The second-order valence-electron chi connectivity index (χ2n) is 9.61. The third kappa shape index (κ3) is 4.35. The first kappa shape index (κ1) is 25.4. The van der Waals surface area contributed by atoms with Crippen LogP contribution in [0.25, 0.3) is 0 Å². The molecule has 1 fully saturated rings. The lowest BCUT2D eigenvalue weighted by molar-refractivity contribution is -0.139. The van der Waals surface area contributed by atoms with E-state index in [-0.39, 0.29) is 32.5 Å². The minimum Gasteiger partial charge on any atom is -0.480 e. The average molecular weight is 495 g/mol. The van der Waals surface area contributed by atoms with Crippen LogP contribution in [0.2, 0.25) is 10.0 Å². The summed E-state index contributed by atoms with van der Waals surface area (Å²) in [4.78, 5) is 12.4. The first-order chi connectivity index (χ1) is 15.4. The Bertz CT molecular complexity index is 1120. The predicted octanol–water partition coefficient (Wildman–Crippen LogP) is 6.31. The zero-order chi connectivity index (χ0) is 24.7. The largest absolute Gasteiger partial charge is 0.480 e. The van der Waals surface area contributed by atoms with Crippen molar-refractivity contribution in [3.8, 4) is 6.07 Å². The van der Waals surface area contributed by atoms with E-state index >= 15 is 8.78 Å². The number of aliphatic carboxylic acids is 1. The van der Waals surface area contributed by atoms with Gasteiger partial charge in [0.25, 0.3) is 0 Å². The summed E-state index contributed by atoms with van der Waals surface area (Å²) in [6.45, 7) is 8.05. The van der Waals surface area contributed by atoms with Crippen molar-refractivity contribution in [3.05, 3.63) is 69.2 Å². The van der Waals surface area contributed by atoms with Gasteiger partial charge in [0.2, 0.25) is 0 Å². The fourth-order valence-corrected chi connectivity index (χ4v) is 5.03. The molecule has 0 aliphatic carbocycles. The van der Waals surface area contributed by atoms with Crippen molar-refractivity contribution in [2.75, 3.05) is 0 Å². The van der Waals surface area contributed by atoms with Crippen molar-refractivity contribution in [2.24, 2.45) is 11.3 Å². The zero-order valence-corrected chi connectivity index (χ0v) is 20.3. The molecule has 4 atom stereocenters. The monoisotopic (exact) mass is 494 g/mol. The molecule has 1 unspecified atom stereocenters. The van der Waals surface area contributed by atoms with Gasteiger partial charge in [0, 0.05) is 22.5 Å². The number of carboxylic acids is 1. The zero-order valence-electron chi connectivity index (χ0n) is 18.8. The summed E-state index contributed by atoms with van der Waals surface area (Å²) in [6, 6.07) is 8.24. The van der Waals surface area contributed by atoms with E-state index in [0.717, 1.165) is 6.07 Å². The van der Waals surface area contributed by atoms with Crippen LogP contribution in [0, 0.1) is 34.3 Å². The summed E-state index contributed by atoms with van der Waals surface area (Å²) < 4.78 is 30.6. The number of nitrogens with one attached hydrogen (secondary N) is 1. The molecule has 2 N–H and O–H groups in total. The van der Waals surface area contributed by atoms with Crippen molar-refractivity contribution in [1.82, 2.24) is 5.32 Å². The molecule has 0 amide bonds. The van der Waals surface area contributed by atoms with Crippen molar-refractivity contribution in [2.45, 2.75) is 57.5 Å². The van der Waals surface area contributed by atoms with Gasteiger partial charge in [0.15, 0.2) is 0 Å². The quantitative estimate of drug-likeness (QED) is 0.493. The normalized spacial score (nSPS) is 25.3. The highest BCUT2D eigenvalue weighted by Crippen LogP contribution is 2.53. The summed E-state index contributed by atoms with van der Waals surface area (Å²) in [5.41, 5.74) is -2.16. The molecule has 2 aromatic carbocycles. The highest BCUT2D eigenvalue weighted by Gasteiger charge is 2.61. The SMILES string of the molecule is CC(C)C(C)(C)CC1N[C@@H](C(=O)O)[C@H](c2cccc(Cl)c2F)[C@@]1(C#N)c1ccc(Cl)cc1F. The molecule has 0 radical (unpaired) electrons. The Morgan fingerprint density at radius 1 is 1.27 bits per heavy atom. The second kappa shape index (κ2) is 9.21. The fourth-order valence-electron chi connectivity index (χ4n) is 4.69. The van der Waals surface area contributed by atoms with Gasteiger partial charge in [-0.1, -0.05) is 69.1 Å². The third-order valence-corrected chi connectivity index (χ3v) is 7.72. The molecule has 1 aliphatic rings. The van der Waals surface area contributed by atoms with Crippen molar-refractivity contribution < 1.29 is 18.7 Å². The molecule has 1 aliphatic heterocycles. The Balaban J connectivity index is 2.37. The third-order valence-electron chi connectivity index (χ3n) is 7.19. The molecule has 3 rings (SSSR count). The molecule has 8 heteroatoms. The summed E-state index contributed by atoms with van der Waals surface area (Å²) in [5, 5.41) is 23.7. The number of benzene rings is 2. The predicted molar refractivity (Wildman–Crippen MR) is 124 cm³/mol. The molecule has 4 nitrogen and oxygen atoms in total. The number of hydrogen-bond donors (Lipinski definition) is 2. The molecule has 1 saturated heterocycles. The van der Waals surface area contributed by atoms with Crippen LogP contribution in [-0.4, -0.2) is 23.2 Å². The van der Waals surface area contributed by atoms with E-state index in [0.29, 0.717) is 6.42 Å². The van der Waals surface area contributed by atoms with Gasteiger partial charge >= 0.3 is 5.97 Å². The molecule has 2 aromatic rings. The van der Waals surface area contributed by atoms with Crippen LogP contribution in [0.1, 0.15) is 51.2 Å². The van der Waals surface area contributed by atoms with Crippen LogP contribution in [0.15, 0.2) is 36.4 Å². The maximum Gasteiger partial charge on any atom is 0.321 e. The molecule has 1 heterocycles. The number of nitriles is 1. The van der Waals surface area contributed by atoms with E-state index in [4.69, 9.17) is 23.2 Å². The molecular formula is C25H26Cl2F2N2O2. The first-order valence-electron chi connectivity index (χ1n) is 10.7. The van der Waals surface area contributed by atoms with Crippen molar-refractivity contribution in [1.29, 1.82) is 5.26 Å². The number of carboxylic acid groups (broad SMARTS) is 1. The van der Waals surface area contributed by atoms with Gasteiger partial charge in [-0.2, -0.15) is 5.26 Å². The maximum atomic E-state index is 15.4. The topological polar surface area (TPSA) is 73.1 Å². The Kier molecular flexibility index (Phi) is 7.10. The summed E-state index contributed by atoms with van der Waals surface area (Å²) in [5.74, 6) is -3.91. The van der Waals surface area contributed by atoms with Gasteiger partial charge in [0.05, 0.1) is 11.1 Å². The first-order valence-corrected chi connectivity index (χ1v) is 11.4. The van der Waals surface area contributed by atoms with E-state index in [1.165, 1.54) is 30.3 Å². The standard InChI is InChI=1S/C25H26Cl2F2N2O2/c1-13(2)24(3,4)11-19-25(12-30,16-9-8-14(26)10-18(16)28)20(22(31-19)23(32)33)15-6-5-7-17(27)21(15)29/h5-10,13,19-20,22,31H,11H2,1-4H3,(H,32,33)/t19?,20-,22+,25-/m0/s1. The van der Waals surface area contributed by atoms with E-state index in [1.54, 1.807) is 0 Å². The lowest BCUT2D eigenvalue weighted by Crippen LogP contribution is -2.46. The van der Waals surface area contributed by atoms with Crippen LogP contribution in [-0.2, 0) is 10.2 Å². The summed E-state index contributed by atoms with van der Waals surface area (Å²) in [7, 11) is 0. The van der Waals surface area contributed by atoms with E-state index in [9.17, 15) is 15.2 Å². The van der Waals surface area contributed by atoms with Gasteiger partial charge in [-0.05, 0) is 41.5 Å². The number of hydrogen-bond acceptors (Lipinski definition) is 3. The van der Waals surface area contributed by atoms with E-state index < -0.39 is 41.0 Å². The van der Waals surface area contributed by atoms with E-state index in [2.05, 4.69) is 11.4 Å². The number of rotatable bonds is 6. The smallest absolute Gasteiger partial charge is 0.321 e. The Morgan fingerprint density at radius 3 is 2.48 bits per heavy atom. The maximum absolute atomic E-state index is 15.4. The molecule has 33 heavy (non-hydrogen) atoms. The lowest BCUT2D eigenvalue weighted by Gasteiger charge is -2.39. The Morgan fingerprint density at radius 2 is 1.94 bits per heavy atom. The van der Waals surface area contributed by atoms with Gasteiger partial charge in [-0.15, -0.1) is 0 Å². The van der Waals surface area contributed by atoms with E-state index in [1.807, 2.05) is 27.7 Å². The molecule has 0 bridgehead atoms.